The summed E-state index contributed by atoms with van der Waals surface area (Å²) in [7, 11) is 0. The molecule has 0 spiro atoms. The van der Waals surface area contributed by atoms with Crippen LogP contribution in [0.25, 0.3) is 0 Å². The fourth-order valence-corrected chi connectivity index (χ4v) is 1.51. The van der Waals surface area contributed by atoms with Crippen LogP contribution in [0.2, 0.25) is 0 Å². The summed E-state index contributed by atoms with van der Waals surface area (Å²) in [5.74, 6) is -3.19. The van der Waals surface area contributed by atoms with Crippen LogP contribution >= 0.6 is 0 Å². The second kappa shape index (κ2) is 4.76. The number of Topliss-reactive ketones (excluding diaryl/α,β-unsaturated/α-hetero) is 2. The van der Waals surface area contributed by atoms with Crippen LogP contribution in [0.1, 0.15) is 21.5 Å². The minimum atomic E-state index is -5.08. The van der Waals surface area contributed by atoms with Gasteiger partial charge in [0.15, 0.2) is 5.78 Å². The lowest BCUT2D eigenvalue weighted by molar-refractivity contribution is -0.166. The Bertz CT molecular complexity index is 528. The maximum absolute atomic E-state index is 12.2. The van der Waals surface area contributed by atoms with E-state index in [4.69, 9.17) is 0 Å². The van der Waals surface area contributed by atoms with Crippen molar-refractivity contribution in [2.75, 3.05) is 0 Å². The molecule has 0 atom stereocenters. The van der Waals surface area contributed by atoms with E-state index in [9.17, 15) is 22.8 Å². The van der Waals surface area contributed by atoms with Crippen molar-refractivity contribution in [1.29, 1.82) is 0 Å². The van der Waals surface area contributed by atoms with E-state index in [1.54, 1.807) is 26.0 Å². The molecule has 2 nitrogen and oxygen atoms in total. The Morgan fingerprint density at radius 3 is 2.17 bits per heavy atom. The summed E-state index contributed by atoms with van der Waals surface area (Å²) in [6.45, 7) is 6.32. The number of ketones is 2. The first-order valence-corrected chi connectivity index (χ1v) is 5.07. The highest BCUT2D eigenvalue weighted by Crippen LogP contribution is 2.23. The van der Waals surface area contributed by atoms with Gasteiger partial charge in [0, 0.05) is 5.56 Å². The van der Waals surface area contributed by atoms with Crippen molar-refractivity contribution in [2.45, 2.75) is 20.0 Å². The van der Waals surface area contributed by atoms with Gasteiger partial charge in [-0.15, -0.1) is 0 Å². The van der Waals surface area contributed by atoms with Crippen LogP contribution < -0.4 is 0 Å². The van der Waals surface area contributed by atoms with Gasteiger partial charge in [-0.05, 0) is 19.4 Å². The molecular weight excluding hydrogens is 245 g/mol. The minimum Gasteiger partial charge on any atom is -0.288 e. The quantitative estimate of drug-likeness (QED) is 0.360. The SMILES string of the molecule is C=C(C(=O)c1ccc(C)cc1C)C(=O)C(F)(F)F. The van der Waals surface area contributed by atoms with Crippen molar-refractivity contribution >= 4 is 11.6 Å². The van der Waals surface area contributed by atoms with Gasteiger partial charge >= 0.3 is 6.18 Å². The van der Waals surface area contributed by atoms with Crippen molar-refractivity contribution in [3.8, 4) is 0 Å². The largest absolute Gasteiger partial charge is 0.454 e. The van der Waals surface area contributed by atoms with Crippen LogP contribution in [-0.2, 0) is 4.79 Å². The zero-order valence-corrected chi connectivity index (χ0v) is 9.89. The summed E-state index contributed by atoms with van der Waals surface area (Å²) >= 11 is 0. The summed E-state index contributed by atoms with van der Waals surface area (Å²) in [4.78, 5) is 22.7. The molecular formula is C13H11F3O2. The molecule has 0 aliphatic heterocycles. The van der Waals surface area contributed by atoms with E-state index in [1.165, 1.54) is 6.07 Å². The lowest BCUT2D eigenvalue weighted by Crippen LogP contribution is -2.28. The van der Waals surface area contributed by atoms with Gasteiger partial charge in [0.25, 0.3) is 5.78 Å². The third-order valence-corrected chi connectivity index (χ3v) is 2.43. The molecule has 0 saturated carbocycles. The number of carbonyl (C=O) groups is 2. The number of alkyl halides is 3. The fourth-order valence-electron chi connectivity index (χ4n) is 1.51. The molecule has 0 aliphatic rings. The molecule has 0 fully saturated rings. The molecule has 0 aliphatic carbocycles. The molecule has 5 heteroatoms. The predicted molar refractivity (Wildman–Crippen MR) is 60.4 cm³/mol. The number of halogens is 3. The average Bonchev–Trinajstić information content (AvgIpc) is 2.25. The Morgan fingerprint density at radius 2 is 1.72 bits per heavy atom. The summed E-state index contributed by atoms with van der Waals surface area (Å²) in [5.41, 5.74) is 0.380. The lowest BCUT2D eigenvalue weighted by atomic mass is 9.96. The predicted octanol–water partition coefficient (Wildman–Crippen LogP) is 3.17. The van der Waals surface area contributed by atoms with Gasteiger partial charge in [-0.3, -0.25) is 9.59 Å². The Morgan fingerprint density at radius 1 is 1.17 bits per heavy atom. The highest BCUT2D eigenvalue weighted by Gasteiger charge is 2.42. The fraction of sp³-hybridized carbons (Fsp3) is 0.231. The van der Waals surface area contributed by atoms with E-state index in [0.717, 1.165) is 5.56 Å². The van der Waals surface area contributed by atoms with Gasteiger partial charge in [0.2, 0.25) is 0 Å². The molecule has 0 aromatic heterocycles. The average molecular weight is 256 g/mol. The molecule has 0 saturated heterocycles. The summed E-state index contributed by atoms with van der Waals surface area (Å²) in [5, 5.41) is 0. The van der Waals surface area contributed by atoms with Gasteiger partial charge in [0.05, 0.1) is 5.57 Å². The lowest BCUT2D eigenvalue weighted by Gasteiger charge is -2.09. The number of hydrogen-bond donors (Lipinski definition) is 0. The first kappa shape index (κ1) is 14.2. The molecule has 1 rings (SSSR count). The van der Waals surface area contributed by atoms with Crippen LogP contribution in [0.5, 0.6) is 0 Å². The third-order valence-electron chi connectivity index (χ3n) is 2.43. The summed E-state index contributed by atoms with van der Waals surface area (Å²) < 4.78 is 36.5. The molecule has 1 aromatic carbocycles. The Labute approximate surface area is 102 Å². The third kappa shape index (κ3) is 2.85. The van der Waals surface area contributed by atoms with Crippen molar-refractivity contribution in [3.05, 3.63) is 47.0 Å². The maximum atomic E-state index is 12.2. The number of allylic oxidation sites excluding steroid dienone is 1. The standard InChI is InChI=1S/C13H11F3O2/c1-7-4-5-10(8(2)6-7)11(17)9(3)12(18)13(14,15)16/h4-6H,3H2,1-2H3. The van der Waals surface area contributed by atoms with Crippen LogP contribution in [-0.4, -0.2) is 17.7 Å². The van der Waals surface area contributed by atoms with Crippen molar-refractivity contribution < 1.29 is 22.8 Å². The molecule has 0 N–H and O–H groups in total. The van der Waals surface area contributed by atoms with Gasteiger partial charge in [-0.25, -0.2) is 0 Å². The first-order valence-electron chi connectivity index (χ1n) is 5.07. The van der Waals surface area contributed by atoms with E-state index in [0.29, 0.717) is 5.56 Å². The molecule has 18 heavy (non-hydrogen) atoms. The van der Waals surface area contributed by atoms with Crippen molar-refractivity contribution in [3.63, 3.8) is 0 Å². The van der Waals surface area contributed by atoms with Crippen molar-refractivity contribution in [2.24, 2.45) is 0 Å². The molecule has 0 bridgehead atoms. The van der Waals surface area contributed by atoms with Crippen LogP contribution in [0.3, 0.4) is 0 Å². The van der Waals surface area contributed by atoms with Gasteiger partial charge in [0.1, 0.15) is 0 Å². The molecule has 0 amide bonds. The Hall–Kier alpha value is -1.91. The Balaban J connectivity index is 3.09. The minimum absolute atomic E-state index is 0.0585. The van der Waals surface area contributed by atoms with E-state index < -0.39 is 23.3 Å². The molecule has 0 unspecified atom stereocenters. The zero-order valence-electron chi connectivity index (χ0n) is 9.89. The van der Waals surface area contributed by atoms with E-state index in [-0.39, 0.29) is 5.56 Å². The van der Waals surface area contributed by atoms with E-state index in [2.05, 4.69) is 6.58 Å². The highest BCUT2D eigenvalue weighted by atomic mass is 19.4. The zero-order chi connectivity index (χ0) is 14.1. The molecule has 0 heterocycles. The number of hydrogen-bond acceptors (Lipinski definition) is 2. The first-order chi connectivity index (χ1) is 8.14. The van der Waals surface area contributed by atoms with Gasteiger partial charge < -0.3 is 0 Å². The normalized spacial score (nSPS) is 11.2. The van der Waals surface area contributed by atoms with Gasteiger partial charge in [-0.2, -0.15) is 13.2 Å². The highest BCUT2D eigenvalue weighted by molar-refractivity contribution is 6.27. The molecule has 96 valence electrons. The topological polar surface area (TPSA) is 34.1 Å². The molecule has 0 radical (unpaired) electrons. The smallest absolute Gasteiger partial charge is 0.288 e. The number of aryl methyl sites for hydroxylation is 2. The second-order valence-electron chi connectivity index (χ2n) is 3.95. The Kier molecular flexibility index (Phi) is 3.74. The monoisotopic (exact) mass is 256 g/mol. The summed E-state index contributed by atoms with van der Waals surface area (Å²) in [6, 6.07) is 4.63. The van der Waals surface area contributed by atoms with Crippen LogP contribution in [0, 0.1) is 13.8 Å². The van der Waals surface area contributed by atoms with Crippen LogP contribution in [0.15, 0.2) is 30.4 Å². The van der Waals surface area contributed by atoms with Gasteiger partial charge in [-0.1, -0.05) is 30.3 Å². The van der Waals surface area contributed by atoms with Crippen molar-refractivity contribution in [1.82, 2.24) is 0 Å². The number of benzene rings is 1. The summed E-state index contributed by atoms with van der Waals surface area (Å²) in [6.07, 6.45) is -5.08. The van der Waals surface area contributed by atoms with Crippen LogP contribution in [0.4, 0.5) is 13.2 Å². The number of rotatable bonds is 3. The number of carbonyl (C=O) groups excluding carboxylic acids is 2. The maximum Gasteiger partial charge on any atom is 0.454 e. The van der Waals surface area contributed by atoms with E-state index in [1.807, 2.05) is 0 Å². The molecule has 1 aromatic rings. The van der Waals surface area contributed by atoms with E-state index >= 15 is 0 Å². The second-order valence-corrected chi connectivity index (χ2v) is 3.95.